The van der Waals surface area contributed by atoms with E-state index in [1.165, 1.54) is 19.2 Å². The third-order valence-electron chi connectivity index (χ3n) is 2.24. The van der Waals surface area contributed by atoms with E-state index in [0.717, 1.165) is 11.3 Å². The molecule has 1 amide bonds. The number of carbonyl (C=O) groups excluding carboxylic acids is 1. The van der Waals surface area contributed by atoms with Gasteiger partial charge in [0, 0.05) is 6.07 Å². The number of carbonyl (C=O) groups is 1. The largest absolute Gasteiger partial charge is 0.310 e. The number of thiophene rings is 1. The molecule has 102 valence electrons. The summed E-state index contributed by atoms with van der Waals surface area (Å²) in [6, 6.07) is 3.79. The van der Waals surface area contributed by atoms with Gasteiger partial charge in [0.25, 0.3) is 10.0 Å². The number of aromatic amines is 1. The van der Waals surface area contributed by atoms with Crippen molar-refractivity contribution in [1.82, 2.24) is 14.9 Å². The van der Waals surface area contributed by atoms with Crippen molar-refractivity contribution in [2.24, 2.45) is 0 Å². The molecule has 0 radical (unpaired) electrons. The van der Waals surface area contributed by atoms with E-state index < -0.39 is 22.0 Å². The number of anilines is 1. The molecule has 0 aliphatic heterocycles. The first-order chi connectivity index (χ1) is 8.99. The number of H-pyrrole nitrogens is 1. The maximum absolute atomic E-state index is 11.9. The number of rotatable bonds is 5. The molecular formula is C10H12N4O3S2. The van der Waals surface area contributed by atoms with Crippen LogP contribution >= 0.6 is 11.3 Å². The molecule has 1 unspecified atom stereocenters. The summed E-state index contributed by atoms with van der Waals surface area (Å²) in [5.74, 6) is -0.0587. The van der Waals surface area contributed by atoms with Gasteiger partial charge in [-0.25, -0.2) is 8.42 Å². The molecular weight excluding hydrogens is 288 g/mol. The van der Waals surface area contributed by atoms with Crippen LogP contribution in [0.15, 0.2) is 34.0 Å². The molecule has 0 bridgehead atoms. The number of sulfonamides is 1. The summed E-state index contributed by atoms with van der Waals surface area (Å²) in [4.78, 5) is 11.8. The van der Waals surface area contributed by atoms with Gasteiger partial charge >= 0.3 is 0 Å². The Hall–Kier alpha value is -1.71. The summed E-state index contributed by atoms with van der Waals surface area (Å²) in [5.41, 5.74) is 0. The zero-order valence-corrected chi connectivity index (χ0v) is 11.6. The van der Waals surface area contributed by atoms with E-state index in [1.807, 2.05) is 0 Å². The van der Waals surface area contributed by atoms with E-state index in [1.54, 1.807) is 17.5 Å². The van der Waals surface area contributed by atoms with Gasteiger partial charge in [-0.15, -0.1) is 11.3 Å². The Labute approximate surface area is 114 Å². The molecule has 1 atom stereocenters. The van der Waals surface area contributed by atoms with Crippen LogP contribution < -0.4 is 10.0 Å². The molecule has 0 saturated carbocycles. The van der Waals surface area contributed by atoms with Gasteiger partial charge in [-0.3, -0.25) is 9.89 Å². The Morgan fingerprint density at radius 3 is 2.84 bits per heavy atom. The molecule has 0 fully saturated rings. The number of nitrogens with zero attached hydrogens (tertiary/aromatic N) is 1. The first kappa shape index (κ1) is 13.7. The van der Waals surface area contributed by atoms with Crippen molar-refractivity contribution in [1.29, 1.82) is 0 Å². The standard InChI is InChI=1S/C10H12N4O3S2/c1-7(10(15)12-8-4-5-11-13-8)14-19(16,17)9-3-2-6-18-9/h2-7,14H,1H3,(H2,11,12,13,15). The van der Waals surface area contributed by atoms with Crippen LogP contribution in [0.5, 0.6) is 0 Å². The lowest BCUT2D eigenvalue weighted by Gasteiger charge is -2.12. The van der Waals surface area contributed by atoms with Crippen LogP contribution in [0.2, 0.25) is 0 Å². The molecule has 0 aliphatic rings. The number of hydrogen-bond acceptors (Lipinski definition) is 5. The highest BCUT2D eigenvalue weighted by Gasteiger charge is 2.22. The summed E-state index contributed by atoms with van der Waals surface area (Å²) >= 11 is 1.09. The van der Waals surface area contributed by atoms with Crippen molar-refractivity contribution >= 4 is 33.1 Å². The van der Waals surface area contributed by atoms with E-state index in [-0.39, 0.29) is 4.21 Å². The summed E-state index contributed by atoms with van der Waals surface area (Å²) in [7, 11) is -3.66. The molecule has 0 saturated heterocycles. The van der Waals surface area contributed by atoms with Gasteiger partial charge in [0.05, 0.1) is 12.2 Å². The fraction of sp³-hybridized carbons (Fsp3) is 0.200. The highest BCUT2D eigenvalue weighted by atomic mass is 32.2. The Morgan fingerprint density at radius 1 is 1.47 bits per heavy atom. The summed E-state index contributed by atoms with van der Waals surface area (Å²) in [6.45, 7) is 1.47. The SMILES string of the molecule is CC(NS(=O)(=O)c1cccs1)C(=O)Nc1ccn[nH]1. The summed E-state index contributed by atoms with van der Waals surface area (Å²) < 4.78 is 26.3. The van der Waals surface area contributed by atoms with Crippen LogP contribution in [0.25, 0.3) is 0 Å². The van der Waals surface area contributed by atoms with Crippen LogP contribution in [0.4, 0.5) is 5.82 Å². The van der Waals surface area contributed by atoms with E-state index >= 15 is 0 Å². The predicted octanol–water partition coefficient (Wildman–Crippen LogP) is 0.777. The van der Waals surface area contributed by atoms with E-state index in [2.05, 4.69) is 20.2 Å². The molecule has 2 heterocycles. The molecule has 7 nitrogen and oxygen atoms in total. The second kappa shape index (κ2) is 5.51. The Kier molecular flexibility index (Phi) is 3.98. The molecule has 3 N–H and O–H groups in total. The third-order valence-corrected chi connectivity index (χ3v) is 5.18. The zero-order chi connectivity index (χ0) is 13.9. The van der Waals surface area contributed by atoms with Gasteiger partial charge in [-0.2, -0.15) is 9.82 Å². The quantitative estimate of drug-likeness (QED) is 0.759. The molecule has 2 aromatic heterocycles. The lowest BCUT2D eigenvalue weighted by atomic mass is 10.3. The van der Waals surface area contributed by atoms with Crippen molar-refractivity contribution in [2.45, 2.75) is 17.2 Å². The number of nitrogens with one attached hydrogen (secondary N) is 3. The van der Waals surface area contributed by atoms with Crippen molar-refractivity contribution < 1.29 is 13.2 Å². The van der Waals surface area contributed by atoms with Crippen molar-refractivity contribution in [3.05, 3.63) is 29.8 Å². The molecule has 9 heteroatoms. The first-order valence-corrected chi connectivity index (χ1v) is 7.71. The average molecular weight is 300 g/mol. The maximum atomic E-state index is 11.9. The highest BCUT2D eigenvalue weighted by molar-refractivity contribution is 7.91. The molecule has 2 rings (SSSR count). The Balaban J connectivity index is 2.01. The molecule has 2 aromatic rings. The van der Waals surface area contributed by atoms with E-state index in [0.29, 0.717) is 5.82 Å². The fourth-order valence-electron chi connectivity index (χ4n) is 1.33. The van der Waals surface area contributed by atoms with E-state index in [4.69, 9.17) is 0 Å². The molecule has 0 spiro atoms. The Bertz CT molecular complexity index is 634. The fourth-order valence-corrected chi connectivity index (χ4v) is 3.54. The molecule has 19 heavy (non-hydrogen) atoms. The monoisotopic (exact) mass is 300 g/mol. The molecule has 0 aromatic carbocycles. The Morgan fingerprint density at radius 2 is 2.26 bits per heavy atom. The molecule has 0 aliphatic carbocycles. The van der Waals surface area contributed by atoms with Gasteiger partial charge in [0.1, 0.15) is 10.0 Å². The normalized spacial score (nSPS) is 13.1. The van der Waals surface area contributed by atoms with Crippen molar-refractivity contribution in [3.63, 3.8) is 0 Å². The number of amides is 1. The zero-order valence-electron chi connectivity index (χ0n) is 9.95. The second-order valence-corrected chi connectivity index (χ2v) is 6.62. The average Bonchev–Trinajstić information content (AvgIpc) is 3.00. The van der Waals surface area contributed by atoms with Crippen LogP contribution in [0.1, 0.15) is 6.92 Å². The second-order valence-electron chi connectivity index (χ2n) is 3.73. The smallest absolute Gasteiger partial charge is 0.250 e. The van der Waals surface area contributed by atoms with Crippen LogP contribution in [0, 0.1) is 0 Å². The lowest BCUT2D eigenvalue weighted by molar-refractivity contribution is -0.117. The van der Waals surface area contributed by atoms with Gasteiger partial charge in [-0.05, 0) is 18.4 Å². The van der Waals surface area contributed by atoms with Crippen LogP contribution in [0.3, 0.4) is 0 Å². The predicted molar refractivity (Wildman–Crippen MR) is 71.3 cm³/mol. The highest BCUT2D eigenvalue weighted by Crippen LogP contribution is 2.15. The number of hydrogen-bond donors (Lipinski definition) is 3. The van der Waals surface area contributed by atoms with Gasteiger partial charge in [-0.1, -0.05) is 6.07 Å². The summed E-state index contributed by atoms with van der Waals surface area (Å²) in [6.07, 6.45) is 1.48. The van der Waals surface area contributed by atoms with Gasteiger partial charge in [0.2, 0.25) is 5.91 Å². The van der Waals surface area contributed by atoms with Crippen molar-refractivity contribution in [2.75, 3.05) is 5.32 Å². The third kappa shape index (κ3) is 3.40. The van der Waals surface area contributed by atoms with Gasteiger partial charge < -0.3 is 5.32 Å². The summed E-state index contributed by atoms with van der Waals surface area (Å²) in [5, 5.41) is 10.4. The van der Waals surface area contributed by atoms with Crippen molar-refractivity contribution in [3.8, 4) is 0 Å². The number of aromatic nitrogens is 2. The van der Waals surface area contributed by atoms with E-state index in [9.17, 15) is 13.2 Å². The lowest BCUT2D eigenvalue weighted by Crippen LogP contribution is -2.41. The minimum atomic E-state index is -3.66. The van der Waals surface area contributed by atoms with Crippen LogP contribution in [-0.2, 0) is 14.8 Å². The first-order valence-electron chi connectivity index (χ1n) is 5.35. The minimum Gasteiger partial charge on any atom is -0.310 e. The minimum absolute atomic E-state index is 0.175. The van der Waals surface area contributed by atoms with Crippen LogP contribution in [-0.4, -0.2) is 30.6 Å². The maximum Gasteiger partial charge on any atom is 0.250 e. The van der Waals surface area contributed by atoms with Gasteiger partial charge in [0.15, 0.2) is 0 Å². The topological polar surface area (TPSA) is 104 Å².